The number of likely N-dealkylation sites (N-methyl/N-ethyl adjacent to an activating group) is 1. The van der Waals surface area contributed by atoms with Crippen LogP contribution in [-0.4, -0.2) is 7.05 Å². The normalized spacial score (nSPS) is 12.4. The molecule has 0 saturated carbocycles. The van der Waals surface area contributed by atoms with Crippen LogP contribution in [0.3, 0.4) is 0 Å². The van der Waals surface area contributed by atoms with Crippen LogP contribution in [0.1, 0.15) is 28.3 Å². The molecule has 3 heteroatoms. The highest BCUT2D eigenvalue weighted by molar-refractivity contribution is 5.33. The zero-order valence-electron chi connectivity index (χ0n) is 12.0. The van der Waals surface area contributed by atoms with E-state index in [-0.39, 0.29) is 6.04 Å². The van der Waals surface area contributed by atoms with E-state index in [1.165, 1.54) is 23.3 Å². The SMILES string of the molecule is CNC(Cc1cc(F)cc(F)c1)c1ccc(C)c(C)c1. The van der Waals surface area contributed by atoms with E-state index in [0.29, 0.717) is 12.0 Å². The molecule has 0 fully saturated rings. The molecule has 0 saturated heterocycles. The van der Waals surface area contributed by atoms with Crippen LogP contribution < -0.4 is 5.32 Å². The molecule has 0 aliphatic carbocycles. The van der Waals surface area contributed by atoms with Gasteiger partial charge in [0.1, 0.15) is 11.6 Å². The molecule has 20 heavy (non-hydrogen) atoms. The number of hydrogen-bond donors (Lipinski definition) is 1. The topological polar surface area (TPSA) is 12.0 Å². The van der Waals surface area contributed by atoms with Crippen molar-refractivity contribution in [1.29, 1.82) is 0 Å². The molecule has 0 spiro atoms. The van der Waals surface area contributed by atoms with Crippen molar-refractivity contribution in [1.82, 2.24) is 5.32 Å². The van der Waals surface area contributed by atoms with Gasteiger partial charge in [-0.05, 0) is 61.7 Å². The van der Waals surface area contributed by atoms with Crippen molar-refractivity contribution < 1.29 is 8.78 Å². The first kappa shape index (κ1) is 14.7. The van der Waals surface area contributed by atoms with Gasteiger partial charge in [0.2, 0.25) is 0 Å². The van der Waals surface area contributed by atoms with Crippen LogP contribution >= 0.6 is 0 Å². The van der Waals surface area contributed by atoms with Crippen LogP contribution in [0.25, 0.3) is 0 Å². The van der Waals surface area contributed by atoms with E-state index in [0.717, 1.165) is 11.6 Å². The van der Waals surface area contributed by atoms with Crippen LogP contribution in [0.2, 0.25) is 0 Å². The van der Waals surface area contributed by atoms with Gasteiger partial charge >= 0.3 is 0 Å². The van der Waals surface area contributed by atoms with Crippen LogP contribution in [0.15, 0.2) is 36.4 Å². The Morgan fingerprint density at radius 3 is 2.15 bits per heavy atom. The van der Waals surface area contributed by atoms with Gasteiger partial charge in [0.05, 0.1) is 0 Å². The summed E-state index contributed by atoms with van der Waals surface area (Å²) in [7, 11) is 1.86. The minimum atomic E-state index is -0.532. The fraction of sp³-hybridized carbons (Fsp3) is 0.294. The second-order valence-electron chi connectivity index (χ2n) is 5.17. The number of halogens is 2. The predicted octanol–water partition coefficient (Wildman–Crippen LogP) is 4.08. The average molecular weight is 275 g/mol. The van der Waals surface area contributed by atoms with Gasteiger partial charge < -0.3 is 5.32 Å². The zero-order chi connectivity index (χ0) is 14.7. The van der Waals surface area contributed by atoms with Gasteiger partial charge in [-0.2, -0.15) is 0 Å². The highest BCUT2D eigenvalue weighted by atomic mass is 19.1. The van der Waals surface area contributed by atoms with E-state index in [2.05, 4.69) is 37.4 Å². The summed E-state index contributed by atoms with van der Waals surface area (Å²) in [5.74, 6) is -1.06. The summed E-state index contributed by atoms with van der Waals surface area (Å²) in [4.78, 5) is 0. The van der Waals surface area contributed by atoms with Crippen LogP contribution in [-0.2, 0) is 6.42 Å². The summed E-state index contributed by atoms with van der Waals surface area (Å²) in [5.41, 5.74) is 4.23. The lowest BCUT2D eigenvalue weighted by atomic mass is 9.96. The van der Waals surface area contributed by atoms with E-state index < -0.39 is 11.6 Å². The Morgan fingerprint density at radius 1 is 0.950 bits per heavy atom. The van der Waals surface area contributed by atoms with E-state index in [4.69, 9.17) is 0 Å². The minimum absolute atomic E-state index is 0.0375. The Labute approximate surface area is 118 Å². The summed E-state index contributed by atoms with van der Waals surface area (Å²) in [6.45, 7) is 4.13. The maximum atomic E-state index is 13.2. The lowest BCUT2D eigenvalue weighted by Gasteiger charge is -2.18. The molecule has 0 aliphatic heterocycles. The second kappa shape index (κ2) is 6.14. The second-order valence-corrected chi connectivity index (χ2v) is 5.17. The smallest absolute Gasteiger partial charge is 0.126 e. The molecule has 0 heterocycles. The molecule has 1 atom stereocenters. The van der Waals surface area contributed by atoms with Gasteiger partial charge in [0, 0.05) is 12.1 Å². The highest BCUT2D eigenvalue weighted by Gasteiger charge is 2.12. The monoisotopic (exact) mass is 275 g/mol. The maximum absolute atomic E-state index is 13.2. The van der Waals surface area contributed by atoms with Crippen molar-refractivity contribution in [2.45, 2.75) is 26.3 Å². The van der Waals surface area contributed by atoms with Gasteiger partial charge in [-0.15, -0.1) is 0 Å². The Hall–Kier alpha value is -1.74. The van der Waals surface area contributed by atoms with Gasteiger partial charge in [-0.25, -0.2) is 8.78 Å². The van der Waals surface area contributed by atoms with Crippen molar-refractivity contribution in [2.75, 3.05) is 7.05 Å². The van der Waals surface area contributed by atoms with Crippen LogP contribution in [0.5, 0.6) is 0 Å². The first-order chi connectivity index (χ1) is 9.49. The minimum Gasteiger partial charge on any atom is -0.313 e. The molecule has 0 amide bonds. The van der Waals surface area contributed by atoms with Crippen molar-refractivity contribution in [3.8, 4) is 0 Å². The molecule has 106 valence electrons. The number of aryl methyl sites for hydroxylation is 2. The number of benzene rings is 2. The van der Waals surface area contributed by atoms with Crippen LogP contribution in [0.4, 0.5) is 8.78 Å². The van der Waals surface area contributed by atoms with Crippen LogP contribution in [0, 0.1) is 25.5 Å². The van der Waals surface area contributed by atoms with Crippen molar-refractivity contribution in [2.24, 2.45) is 0 Å². The third-order valence-electron chi connectivity index (χ3n) is 3.64. The Kier molecular flexibility index (Phi) is 4.50. The Bertz CT molecular complexity index is 588. The third-order valence-corrected chi connectivity index (χ3v) is 3.64. The zero-order valence-corrected chi connectivity index (χ0v) is 12.0. The fourth-order valence-electron chi connectivity index (χ4n) is 2.33. The Balaban J connectivity index is 2.26. The summed E-state index contributed by atoms with van der Waals surface area (Å²) in [6, 6.07) is 9.94. The number of nitrogens with one attached hydrogen (secondary N) is 1. The molecule has 1 nitrogen and oxygen atoms in total. The van der Waals surface area contributed by atoms with Gasteiger partial charge in [-0.3, -0.25) is 0 Å². The van der Waals surface area contributed by atoms with E-state index in [1.54, 1.807) is 0 Å². The predicted molar refractivity (Wildman–Crippen MR) is 77.8 cm³/mol. The first-order valence-corrected chi connectivity index (χ1v) is 6.69. The lowest BCUT2D eigenvalue weighted by molar-refractivity contribution is 0.562. The van der Waals surface area contributed by atoms with Gasteiger partial charge in [-0.1, -0.05) is 18.2 Å². The molecule has 0 radical (unpaired) electrons. The first-order valence-electron chi connectivity index (χ1n) is 6.69. The molecule has 0 aliphatic rings. The van der Waals surface area contributed by atoms with E-state index >= 15 is 0 Å². The van der Waals surface area contributed by atoms with Crippen molar-refractivity contribution >= 4 is 0 Å². The molecule has 0 bridgehead atoms. The summed E-state index contributed by atoms with van der Waals surface area (Å²) in [5, 5.41) is 3.21. The molecule has 0 aromatic heterocycles. The fourth-order valence-corrected chi connectivity index (χ4v) is 2.33. The molecular formula is C17H19F2N. The summed E-state index contributed by atoms with van der Waals surface area (Å²) in [6.07, 6.45) is 0.549. The lowest BCUT2D eigenvalue weighted by Crippen LogP contribution is -2.19. The molecule has 1 unspecified atom stereocenters. The van der Waals surface area contributed by atoms with Gasteiger partial charge in [0.15, 0.2) is 0 Å². The number of hydrogen-bond acceptors (Lipinski definition) is 1. The number of rotatable bonds is 4. The average Bonchev–Trinajstić information content (AvgIpc) is 2.38. The molecule has 1 N–H and O–H groups in total. The third kappa shape index (κ3) is 3.42. The quantitative estimate of drug-likeness (QED) is 0.886. The largest absolute Gasteiger partial charge is 0.313 e. The molecule has 2 aromatic rings. The van der Waals surface area contributed by atoms with E-state index in [1.807, 2.05) is 7.05 Å². The molecular weight excluding hydrogens is 256 g/mol. The molecule has 2 rings (SSSR count). The standard InChI is InChI=1S/C17H19F2N/c1-11-4-5-14(6-12(11)2)17(20-3)9-13-7-15(18)10-16(19)8-13/h4-8,10,17,20H,9H2,1-3H3. The summed E-state index contributed by atoms with van der Waals surface area (Å²) >= 11 is 0. The molecule has 2 aromatic carbocycles. The summed E-state index contributed by atoms with van der Waals surface area (Å²) < 4.78 is 26.5. The van der Waals surface area contributed by atoms with Crippen molar-refractivity contribution in [3.05, 3.63) is 70.3 Å². The van der Waals surface area contributed by atoms with E-state index in [9.17, 15) is 8.78 Å². The van der Waals surface area contributed by atoms with Gasteiger partial charge in [0.25, 0.3) is 0 Å². The van der Waals surface area contributed by atoms with Crippen molar-refractivity contribution in [3.63, 3.8) is 0 Å². The Morgan fingerprint density at radius 2 is 1.60 bits per heavy atom. The highest BCUT2D eigenvalue weighted by Crippen LogP contribution is 2.21. The maximum Gasteiger partial charge on any atom is 0.126 e.